The van der Waals surface area contributed by atoms with E-state index in [1.807, 2.05) is 0 Å². The van der Waals surface area contributed by atoms with Gasteiger partial charge in [0.15, 0.2) is 0 Å². The molecule has 0 aliphatic heterocycles. The number of alkyl halides is 3. The highest BCUT2D eigenvalue weighted by Crippen LogP contribution is 2.30. The maximum Gasteiger partial charge on any atom is 0.416 e. The Morgan fingerprint density at radius 1 is 1.39 bits per heavy atom. The van der Waals surface area contributed by atoms with Crippen LogP contribution in [0, 0.1) is 0 Å². The monoisotopic (exact) mass is 258 g/mol. The molecule has 0 amide bonds. The summed E-state index contributed by atoms with van der Waals surface area (Å²) in [5.41, 5.74) is 0.283. The summed E-state index contributed by atoms with van der Waals surface area (Å²) < 4.78 is 41.9. The molecule has 2 nitrogen and oxygen atoms in total. The Kier molecular flexibility index (Phi) is 4.53. The van der Waals surface area contributed by atoms with Gasteiger partial charge in [-0.3, -0.25) is 4.79 Å². The first kappa shape index (κ1) is 14.3. The summed E-state index contributed by atoms with van der Waals surface area (Å²) in [7, 11) is 1.25. The van der Waals surface area contributed by atoms with Crippen LogP contribution in [0.1, 0.15) is 17.5 Å². The molecule has 0 aromatic heterocycles. The molecule has 0 unspecified atom stereocenters. The summed E-state index contributed by atoms with van der Waals surface area (Å²) in [6.45, 7) is 3.65. The van der Waals surface area contributed by atoms with Crippen molar-refractivity contribution in [2.24, 2.45) is 0 Å². The van der Waals surface area contributed by atoms with E-state index >= 15 is 0 Å². The molecule has 0 heterocycles. The number of hydrogen-bond donors (Lipinski definition) is 0. The molecule has 1 aromatic carbocycles. The zero-order chi connectivity index (χ0) is 13.8. The van der Waals surface area contributed by atoms with E-state index in [-0.39, 0.29) is 12.8 Å². The van der Waals surface area contributed by atoms with Gasteiger partial charge in [-0.25, -0.2) is 0 Å². The molecule has 0 radical (unpaired) electrons. The highest BCUT2D eigenvalue weighted by molar-refractivity contribution is 5.72. The van der Waals surface area contributed by atoms with Crippen molar-refractivity contribution in [1.82, 2.24) is 0 Å². The van der Waals surface area contributed by atoms with Gasteiger partial charge in [0.05, 0.1) is 19.1 Å². The summed E-state index contributed by atoms with van der Waals surface area (Å²) in [4.78, 5) is 11.0. The van der Waals surface area contributed by atoms with Gasteiger partial charge in [0.2, 0.25) is 0 Å². The molecule has 0 aliphatic rings. The van der Waals surface area contributed by atoms with E-state index in [2.05, 4.69) is 11.3 Å². The molecule has 98 valence electrons. The van der Waals surface area contributed by atoms with Crippen LogP contribution in [0.4, 0.5) is 13.2 Å². The van der Waals surface area contributed by atoms with Gasteiger partial charge in [0.1, 0.15) is 0 Å². The van der Waals surface area contributed by atoms with E-state index in [0.717, 1.165) is 12.1 Å². The van der Waals surface area contributed by atoms with Gasteiger partial charge in [-0.15, -0.1) is 0 Å². The van der Waals surface area contributed by atoms with Gasteiger partial charge in [0.25, 0.3) is 0 Å². The van der Waals surface area contributed by atoms with E-state index in [0.29, 0.717) is 11.1 Å². The second kappa shape index (κ2) is 5.71. The van der Waals surface area contributed by atoms with E-state index in [1.54, 1.807) is 6.07 Å². The van der Waals surface area contributed by atoms with Gasteiger partial charge in [0, 0.05) is 0 Å². The topological polar surface area (TPSA) is 26.3 Å². The van der Waals surface area contributed by atoms with E-state index in [1.165, 1.54) is 13.2 Å². The van der Waals surface area contributed by atoms with Gasteiger partial charge >= 0.3 is 12.1 Å². The minimum Gasteiger partial charge on any atom is -0.469 e. The maximum absolute atomic E-state index is 12.5. The molecule has 0 atom stereocenters. The lowest BCUT2D eigenvalue weighted by Gasteiger charge is -2.09. The lowest BCUT2D eigenvalue weighted by molar-refractivity contribution is -0.140. The lowest BCUT2D eigenvalue weighted by Crippen LogP contribution is -2.06. The molecule has 0 spiro atoms. The van der Waals surface area contributed by atoms with Crippen LogP contribution in [0.15, 0.2) is 36.4 Å². The van der Waals surface area contributed by atoms with Crippen LogP contribution >= 0.6 is 0 Å². The van der Waals surface area contributed by atoms with Crippen molar-refractivity contribution >= 4 is 5.97 Å². The highest BCUT2D eigenvalue weighted by Gasteiger charge is 2.30. The molecule has 0 saturated heterocycles. The molecule has 5 heteroatoms. The van der Waals surface area contributed by atoms with Crippen molar-refractivity contribution < 1.29 is 22.7 Å². The van der Waals surface area contributed by atoms with Crippen molar-refractivity contribution in [3.8, 4) is 0 Å². The normalized spacial score (nSPS) is 11.1. The van der Waals surface area contributed by atoms with E-state index < -0.39 is 17.7 Å². The quantitative estimate of drug-likeness (QED) is 0.611. The average molecular weight is 258 g/mol. The Hall–Kier alpha value is -1.78. The number of carbonyl (C=O) groups is 1. The molecule has 18 heavy (non-hydrogen) atoms. The Labute approximate surface area is 103 Å². The number of ether oxygens (including phenoxy) is 1. The molecule has 1 aromatic rings. The van der Waals surface area contributed by atoms with Crippen molar-refractivity contribution in [2.45, 2.75) is 19.0 Å². The van der Waals surface area contributed by atoms with Crippen LogP contribution in [0.2, 0.25) is 0 Å². The van der Waals surface area contributed by atoms with Crippen molar-refractivity contribution in [1.29, 1.82) is 0 Å². The van der Waals surface area contributed by atoms with Crippen LogP contribution in [0.3, 0.4) is 0 Å². The lowest BCUT2D eigenvalue weighted by atomic mass is 10.0. The Balaban J connectivity index is 2.74. The summed E-state index contributed by atoms with van der Waals surface area (Å²) in [6, 6.07) is 4.97. The fourth-order valence-corrected chi connectivity index (χ4v) is 1.49. The minimum absolute atomic E-state index is 0.00669. The predicted octanol–water partition coefficient (Wildman–Crippen LogP) is 3.37. The zero-order valence-corrected chi connectivity index (χ0v) is 9.88. The van der Waals surface area contributed by atoms with E-state index in [4.69, 9.17) is 0 Å². The molecule has 0 aliphatic carbocycles. The summed E-state index contributed by atoms with van der Waals surface area (Å²) in [5.74, 6) is -0.452. The number of rotatable bonds is 4. The average Bonchev–Trinajstić information content (AvgIpc) is 2.27. The first-order valence-corrected chi connectivity index (χ1v) is 5.22. The predicted molar refractivity (Wildman–Crippen MR) is 60.9 cm³/mol. The SMILES string of the molecule is C=C(CC(=O)OC)Cc1cccc(C(F)(F)F)c1. The van der Waals surface area contributed by atoms with E-state index in [9.17, 15) is 18.0 Å². The fourth-order valence-electron chi connectivity index (χ4n) is 1.49. The Morgan fingerprint density at radius 3 is 2.61 bits per heavy atom. The van der Waals surface area contributed by atoms with Crippen molar-refractivity contribution in [3.05, 3.63) is 47.5 Å². The number of hydrogen-bond acceptors (Lipinski definition) is 2. The molecular formula is C13H13F3O2. The standard InChI is InChI=1S/C13H13F3O2/c1-9(7-12(17)18-2)6-10-4-3-5-11(8-10)13(14,15)16/h3-5,8H,1,6-7H2,2H3. The van der Waals surface area contributed by atoms with Crippen molar-refractivity contribution in [3.63, 3.8) is 0 Å². The molecule has 0 N–H and O–H groups in total. The molecule has 0 fully saturated rings. The fraction of sp³-hybridized carbons (Fsp3) is 0.308. The summed E-state index contributed by atoms with van der Waals surface area (Å²) in [6.07, 6.45) is -4.13. The van der Waals surface area contributed by atoms with Crippen LogP contribution in [0.25, 0.3) is 0 Å². The number of esters is 1. The first-order valence-electron chi connectivity index (χ1n) is 5.22. The summed E-state index contributed by atoms with van der Waals surface area (Å²) in [5, 5.41) is 0. The molecule has 1 rings (SSSR count). The molecular weight excluding hydrogens is 245 g/mol. The van der Waals surface area contributed by atoms with Gasteiger partial charge in [-0.05, 0) is 18.1 Å². The van der Waals surface area contributed by atoms with Crippen LogP contribution < -0.4 is 0 Å². The Bertz CT molecular complexity index is 450. The third kappa shape index (κ3) is 4.24. The third-order valence-electron chi connectivity index (χ3n) is 2.33. The smallest absolute Gasteiger partial charge is 0.416 e. The summed E-state index contributed by atoms with van der Waals surface area (Å²) >= 11 is 0. The van der Waals surface area contributed by atoms with Gasteiger partial charge in [-0.2, -0.15) is 13.2 Å². The van der Waals surface area contributed by atoms with Crippen LogP contribution in [-0.4, -0.2) is 13.1 Å². The van der Waals surface area contributed by atoms with Gasteiger partial charge < -0.3 is 4.74 Å². The van der Waals surface area contributed by atoms with Crippen LogP contribution in [-0.2, 0) is 22.1 Å². The third-order valence-corrected chi connectivity index (χ3v) is 2.33. The van der Waals surface area contributed by atoms with Crippen molar-refractivity contribution in [2.75, 3.05) is 7.11 Å². The highest BCUT2D eigenvalue weighted by atomic mass is 19.4. The first-order chi connectivity index (χ1) is 8.32. The maximum atomic E-state index is 12.5. The zero-order valence-electron chi connectivity index (χ0n) is 9.88. The molecule has 0 bridgehead atoms. The number of halogens is 3. The second-order valence-electron chi connectivity index (χ2n) is 3.88. The minimum atomic E-state index is -4.36. The molecule has 0 saturated carbocycles. The number of benzene rings is 1. The van der Waals surface area contributed by atoms with Gasteiger partial charge in [-0.1, -0.05) is 30.4 Å². The number of carbonyl (C=O) groups excluding carboxylic acids is 1. The number of methoxy groups -OCH3 is 1. The largest absolute Gasteiger partial charge is 0.469 e. The Morgan fingerprint density at radius 2 is 2.06 bits per heavy atom. The second-order valence-corrected chi connectivity index (χ2v) is 3.88. The van der Waals surface area contributed by atoms with Crippen LogP contribution in [0.5, 0.6) is 0 Å².